The normalized spacial score (nSPS) is 16.2. The summed E-state index contributed by atoms with van der Waals surface area (Å²) in [5.41, 5.74) is 5.36. The monoisotopic (exact) mass is 367 g/mol. The molecule has 1 aromatic carbocycles. The molecule has 1 saturated heterocycles. The van der Waals surface area contributed by atoms with E-state index in [9.17, 15) is 13.2 Å². The number of nitrogens with zero attached hydrogens (tertiary/aromatic N) is 2. The standard InChI is InChI=1S/C13H18ClN3O3S.ClH/c14-11-3-1-2-4-12(11)21(19,20)17-9-7-16(8-10-17)13(18)5-6-15;/h1-4H,5-10,15H2;1H. The highest BCUT2D eigenvalue weighted by Gasteiger charge is 2.30. The number of hydrogen-bond acceptors (Lipinski definition) is 4. The summed E-state index contributed by atoms with van der Waals surface area (Å²) in [6.45, 7) is 1.59. The molecule has 22 heavy (non-hydrogen) atoms. The lowest BCUT2D eigenvalue weighted by Gasteiger charge is -2.34. The maximum Gasteiger partial charge on any atom is 0.244 e. The van der Waals surface area contributed by atoms with Gasteiger partial charge < -0.3 is 10.6 Å². The maximum absolute atomic E-state index is 12.5. The molecule has 1 aromatic rings. The fourth-order valence-corrected chi connectivity index (χ4v) is 4.17. The van der Waals surface area contributed by atoms with E-state index >= 15 is 0 Å². The zero-order valence-corrected chi connectivity index (χ0v) is 14.3. The molecule has 1 aliphatic rings. The van der Waals surface area contributed by atoms with E-state index in [1.807, 2.05) is 0 Å². The smallest absolute Gasteiger partial charge is 0.244 e. The van der Waals surface area contributed by atoms with E-state index in [4.69, 9.17) is 17.3 Å². The Balaban J connectivity index is 0.00000242. The minimum absolute atomic E-state index is 0. The van der Waals surface area contributed by atoms with Crippen LogP contribution in [0.4, 0.5) is 0 Å². The predicted octanol–water partition coefficient (Wildman–Crippen LogP) is 0.944. The molecule has 0 bridgehead atoms. The van der Waals surface area contributed by atoms with Crippen molar-refractivity contribution in [2.75, 3.05) is 32.7 Å². The molecule has 6 nitrogen and oxygen atoms in total. The van der Waals surface area contributed by atoms with Crippen molar-refractivity contribution in [3.63, 3.8) is 0 Å². The van der Waals surface area contributed by atoms with Crippen LogP contribution in [0.2, 0.25) is 5.02 Å². The van der Waals surface area contributed by atoms with Crippen LogP contribution in [0.5, 0.6) is 0 Å². The van der Waals surface area contributed by atoms with Crippen molar-refractivity contribution in [3.8, 4) is 0 Å². The maximum atomic E-state index is 12.5. The second-order valence-electron chi connectivity index (χ2n) is 4.75. The fraction of sp³-hybridized carbons (Fsp3) is 0.462. The van der Waals surface area contributed by atoms with Gasteiger partial charge in [-0.2, -0.15) is 4.31 Å². The largest absolute Gasteiger partial charge is 0.340 e. The van der Waals surface area contributed by atoms with Gasteiger partial charge in [0.1, 0.15) is 4.90 Å². The van der Waals surface area contributed by atoms with Gasteiger partial charge in [0.25, 0.3) is 0 Å². The minimum atomic E-state index is -3.62. The molecule has 9 heteroatoms. The first kappa shape index (κ1) is 19.2. The van der Waals surface area contributed by atoms with E-state index in [0.29, 0.717) is 19.6 Å². The van der Waals surface area contributed by atoms with E-state index in [2.05, 4.69) is 0 Å². The van der Waals surface area contributed by atoms with Crippen LogP contribution in [0.25, 0.3) is 0 Å². The molecule has 0 saturated carbocycles. The van der Waals surface area contributed by atoms with Crippen molar-refractivity contribution in [1.82, 2.24) is 9.21 Å². The molecule has 1 fully saturated rings. The molecule has 1 heterocycles. The zero-order chi connectivity index (χ0) is 15.5. The van der Waals surface area contributed by atoms with E-state index in [1.54, 1.807) is 23.1 Å². The quantitative estimate of drug-likeness (QED) is 0.858. The summed E-state index contributed by atoms with van der Waals surface area (Å²) in [6.07, 6.45) is 0.289. The van der Waals surface area contributed by atoms with Gasteiger partial charge in [-0.05, 0) is 12.1 Å². The van der Waals surface area contributed by atoms with Crippen molar-refractivity contribution in [3.05, 3.63) is 29.3 Å². The van der Waals surface area contributed by atoms with Gasteiger partial charge in [0.2, 0.25) is 15.9 Å². The molecule has 0 spiro atoms. The second-order valence-corrected chi connectivity index (χ2v) is 7.07. The number of benzene rings is 1. The summed E-state index contributed by atoms with van der Waals surface area (Å²) in [5, 5.41) is 0.208. The highest BCUT2D eigenvalue weighted by atomic mass is 35.5. The summed E-state index contributed by atoms with van der Waals surface area (Å²) in [7, 11) is -3.62. The number of halogens is 2. The van der Waals surface area contributed by atoms with Gasteiger partial charge in [-0.1, -0.05) is 23.7 Å². The van der Waals surface area contributed by atoms with Crippen LogP contribution in [0.3, 0.4) is 0 Å². The number of amides is 1. The number of rotatable bonds is 4. The molecule has 1 aliphatic heterocycles. The Morgan fingerprint density at radius 2 is 1.77 bits per heavy atom. The van der Waals surface area contributed by atoms with Crippen LogP contribution < -0.4 is 5.73 Å². The third-order valence-electron chi connectivity index (χ3n) is 3.40. The van der Waals surface area contributed by atoms with Crippen molar-refractivity contribution in [1.29, 1.82) is 0 Å². The molecular weight excluding hydrogens is 349 g/mol. The van der Waals surface area contributed by atoms with Gasteiger partial charge in [-0.25, -0.2) is 8.42 Å². The number of sulfonamides is 1. The topological polar surface area (TPSA) is 83.7 Å². The lowest BCUT2D eigenvalue weighted by atomic mass is 10.3. The third-order valence-corrected chi connectivity index (χ3v) is 5.80. The first-order chi connectivity index (χ1) is 9.96. The van der Waals surface area contributed by atoms with Crippen LogP contribution in [-0.4, -0.2) is 56.3 Å². The molecule has 2 N–H and O–H groups in total. The second kappa shape index (κ2) is 8.12. The van der Waals surface area contributed by atoms with Crippen LogP contribution in [0.1, 0.15) is 6.42 Å². The van der Waals surface area contributed by atoms with E-state index in [-0.39, 0.29) is 47.7 Å². The van der Waals surface area contributed by atoms with Crippen LogP contribution in [0.15, 0.2) is 29.2 Å². The summed E-state index contributed by atoms with van der Waals surface area (Å²) >= 11 is 5.96. The number of carbonyl (C=O) groups is 1. The van der Waals surface area contributed by atoms with Crippen LogP contribution in [-0.2, 0) is 14.8 Å². The third kappa shape index (κ3) is 4.11. The zero-order valence-electron chi connectivity index (χ0n) is 11.9. The molecule has 124 valence electrons. The lowest BCUT2D eigenvalue weighted by molar-refractivity contribution is -0.132. The summed E-state index contributed by atoms with van der Waals surface area (Å²) in [4.78, 5) is 13.5. The summed E-state index contributed by atoms with van der Waals surface area (Å²) < 4.78 is 26.4. The highest BCUT2D eigenvalue weighted by molar-refractivity contribution is 7.89. The number of nitrogens with two attached hydrogens (primary N) is 1. The van der Waals surface area contributed by atoms with Crippen molar-refractivity contribution < 1.29 is 13.2 Å². The molecule has 1 amide bonds. The van der Waals surface area contributed by atoms with Crippen LogP contribution in [0, 0.1) is 0 Å². The van der Waals surface area contributed by atoms with Crippen molar-refractivity contribution in [2.24, 2.45) is 5.73 Å². The van der Waals surface area contributed by atoms with Gasteiger partial charge in [0.05, 0.1) is 5.02 Å². The van der Waals surface area contributed by atoms with E-state index < -0.39 is 10.0 Å². The Labute approximate surface area is 141 Å². The molecule has 0 aliphatic carbocycles. The van der Waals surface area contributed by atoms with Gasteiger partial charge in [-0.3, -0.25) is 4.79 Å². The lowest BCUT2D eigenvalue weighted by Crippen LogP contribution is -2.50. The predicted molar refractivity (Wildman–Crippen MR) is 87.7 cm³/mol. The van der Waals surface area contributed by atoms with Gasteiger partial charge >= 0.3 is 0 Å². The molecule has 0 unspecified atom stereocenters. The van der Waals surface area contributed by atoms with Crippen molar-refractivity contribution >= 4 is 39.9 Å². The van der Waals surface area contributed by atoms with Crippen molar-refractivity contribution in [2.45, 2.75) is 11.3 Å². The SMILES string of the molecule is Cl.NCCC(=O)N1CCN(S(=O)(=O)c2ccccc2Cl)CC1. The Bertz CT molecular complexity index is 617. The fourth-order valence-electron chi connectivity index (χ4n) is 2.25. The van der Waals surface area contributed by atoms with E-state index in [0.717, 1.165) is 0 Å². The minimum Gasteiger partial charge on any atom is -0.340 e. The molecular formula is C13H19Cl2N3O3S. The molecule has 0 aromatic heterocycles. The first-order valence-electron chi connectivity index (χ1n) is 6.69. The van der Waals surface area contributed by atoms with Crippen LogP contribution >= 0.6 is 24.0 Å². The van der Waals surface area contributed by atoms with Gasteiger partial charge in [-0.15, -0.1) is 12.4 Å². The molecule has 0 atom stereocenters. The van der Waals surface area contributed by atoms with E-state index in [1.165, 1.54) is 10.4 Å². The number of piperazine rings is 1. The number of carbonyl (C=O) groups excluding carboxylic acids is 1. The summed E-state index contributed by atoms with van der Waals surface area (Å²) in [5.74, 6) is -0.0349. The first-order valence-corrected chi connectivity index (χ1v) is 8.51. The molecule has 0 radical (unpaired) electrons. The Kier molecular flexibility index (Phi) is 7.08. The average Bonchev–Trinajstić information content (AvgIpc) is 2.48. The summed E-state index contributed by atoms with van der Waals surface area (Å²) in [6, 6.07) is 6.36. The average molecular weight is 368 g/mol. The highest BCUT2D eigenvalue weighted by Crippen LogP contribution is 2.24. The Morgan fingerprint density at radius 1 is 1.18 bits per heavy atom. The Morgan fingerprint density at radius 3 is 2.32 bits per heavy atom. The van der Waals surface area contributed by atoms with Gasteiger partial charge in [0, 0.05) is 39.1 Å². The Hall–Kier alpha value is -0.860. The number of hydrogen-bond donors (Lipinski definition) is 1. The molecule has 2 rings (SSSR count). The van der Waals surface area contributed by atoms with Gasteiger partial charge in [0.15, 0.2) is 0 Å².